The summed E-state index contributed by atoms with van der Waals surface area (Å²) >= 11 is 0. The molecule has 4 rings (SSSR count). The average molecular weight is 748 g/mol. The lowest BCUT2D eigenvalue weighted by molar-refractivity contribution is -0.119. The Morgan fingerprint density at radius 2 is 1.45 bits per heavy atom. The standard InChI is InChI=1S/C50H66FNO3/c1-7-9-10-11-12-13-14-15-16-17-18-22-45(54)28-25-39-23-26-41(27-24-39)49(55)30-29-47(36(3)4)52-34-44(35-53)38(6)46-32-43(40(8-2)33-48(46)52)31-42-21-19-20-37(5)50(42)51/h19-21,23-24,26-27,32-36,47H,6-18,22,25,28-31H2,1-5H3. The summed E-state index contributed by atoms with van der Waals surface area (Å²) < 4.78 is 15.1. The molecular formula is C50H66FNO3. The number of aryl methyl sites for hydroxylation is 3. The van der Waals surface area contributed by atoms with Gasteiger partial charge in [0.05, 0.1) is 0 Å². The van der Waals surface area contributed by atoms with Crippen LogP contribution < -0.4 is 4.90 Å². The van der Waals surface area contributed by atoms with E-state index in [1.54, 1.807) is 13.0 Å². The summed E-state index contributed by atoms with van der Waals surface area (Å²) in [6.45, 7) is 14.7. The monoisotopic (exact) mass is 748 g/mol. The molecule has 0 saturated carbocycles. The minimum Gasteiger partial charge on any atom is -0.343 e. The van der Waals surface area contributed by atoms with Crippen LogP contribution in [0.15, 0.2) is 72.9 Å². The Morgan fingerprint density at radius 1 is 0.800 bits per heavy atom. The molecule has 3 aromatic carbocycles. The van der Waals surface area contributed by atoms with E-state index in [9.17, 15) is 14.4 Å². The molecule has 0 saturated heterocycles. The number of nitrogens with zero attached hydrogens (tertiary/aromatic N) is 1. The fourth-order valence-electron chi connectivity index (χ4n) is 7.97. The number of benzene rings is 3. The van der Waals surface area contributed by atoms with Gasteiger partial charge in [-0.25, -0.2) is 4.39 Å². The van der Waals surface area contributed by atoms with Crippen molar-refractivity contribution in [3.63, 3.8) is 0 Å². The van der Waals surface area contributed by atoms with Crippen molar-refractivity contribution < 1.29 is 18.8 Å². The maximum atomic E-state index is 15.1. The summed E-state index contributed by atoms with van der Waals surface area (Å²) in [5.74, 6) is 0.409. The lowest BCUT2D eigenvalue weighted by atomic mass is 9.86. The summed E-state index contributed by atoms with van der Waals surface area (Å²) in [6, 6.07) is 17.5. The topological polar surface area (TPSA) is 54.5 Å². The molecule has 1 aliphatic rings. The Kier molecular flexibility index (Phi) is 17.8. The summed E-state index contributed by atoms with van der Waals surface area (Å²) in [5.41, 5.74) is 8.17. The summed E-state index contributed by atoms with van der Waals surface area (Å²) in [4.78, 5) is 40.6. The van der Waals surface area contributed by atoms with Gasteiger partial charge in [0.1, 0.15) is 11.6 Å². The smallest absolute Gasteiger partial charge is 0.162 e. The summed E-state index contributed by atoms with van der Waals surface area (Å²) in [7, 11) is 0. The Balaban J connectivity index is 1.32. The highest BCUT2D eigenvalue weighted by Gasteiger charge is 2.30. The van der Waals surface area contributed by atoms with E-state index in [1.807, 2.05) is 42.6 Å². The van der Waals surface area contributed by atoms with Crippen molar-refractivity contribution in [1.29, 1.82) is 0 Å². The molecule has 296 valence electrons. The lowest BCUT2D eigenvalue weighted by Gasteiger charge is -2.39. The number of halogens is 1. The Morgan fingerprint density at radius 3 is 2.07 bits per heavy atom. The third-order valence-electron chi connectivity index (χ3n) is 11.5. The minimum atomic E-state index is -0.185. The van der Waals surface area contributed by atoms with E-state index in [4.69, 9.17) is 0 Å². The van der Waals surface area contributed by atoms with Crippen LogP contribution in [0, 0.1) is 18.7 Å². The molecular weight excluding hydrogens is 682 g/mol. The van der Waals surface area contributed by atoms with Crippen molar-refractivity contribution in [2.24, 2.45) is 5.92 Å². The van der Waals surface area contributed by atoms with Gasteiger partial charge in [-0.1, -0.05) is 141 Å². The molecule has 4 nitrogen and oxygen atoms in total. The number of rotatable bonds is 25. The largest absolute Gasteiger partial charge is 0.343 e. The number of carbonyl (C=O) groups excluding carboxylic acids is 3. The highest BCUT2D eigenvalue weighted by molar-refractivity contribution is 6.03. The number of carbonyl (C=O) groups is 3. The van der Waals surface area contributed by atoms with Crippen LogP contribution in [0.2, 0.25) is 0 Å². The molecule has 0 aromatic heterocycles. The van der Waals surface area contributed by atoms with E-state index in [2.05, 4.69) is 51.3 Å². The highest BCUT2D eigenvalue weighted by atomic mass is 19.1. The average Bonchev–Trinajstić information content (AvgIpc) is 3.18. The Bertz CT molecular complexity index is 1770. The quantitative estimate of drug-likeness (QED) is 0.0492. The van der Waals surface area contributed by atoms with Crippen LogP contribution in [-0.4, -0.2) is 23.9 Å². The van der Waals surface area contributed by atoms with Crippen molar-refractivity contribution in [1.82, 2.24) is 0 Å². The molecule has 1 unspecified atom stereocenters. The molecule has 0 aliphatic carbocycles. The first kappa shape index (κ1) is 43.6. The first-order chi connectivity index (χ1) is 26.6. The van der Waals surface area contributed by atoms with E-state index in [0.29, 0.717) is 72.1 Å². The van der Waals surface area contributed by atoms with Gasteiger partial charge < -0.3 is 4.90 Å². The zero-order chi connectivity index (χ0) is 39.7. The van der Waals surface area contributed by atoms with Crippen LogP contribution >= 0.6 is 0 Å². The van der Waals surface area contributed by atoms with Crippen molar-refractivity contribution in [2.45, 2.75) is 156 Å². The maximum absolute atomic E-state index is 15.1. The minimum absolute atomic E-state index is 0.0406. The number of hydrogen-bond donors (Lipinski definition) is 0. The second kappa shape index (κ2) is 22.4. The third kappa shape index (κ3) is 12.7. The summed E-state index contributed by atoms with van der Waals surface area (Å²) in [5, 5.41) is 0. The predicted octanol–water partition coefficient (Wildman–Crippen LogP) is 13.1. The molecule has 1 heterocycles. The second-order valence-electron chi connectivity index (χ2n) is 16.1. The number of aldehydes is 1. The van der Waals surface area contributed by atoms with Gasteiger partial charge in [-0.3, -0.25) is 14.4 Å². The predicted molar refractivity (Wildman–Crippen MR) is 228 cm³/mol. The SMILES string of the molecule is C=C1C(C=O)=CN(C(CCC(=O)c2ccc(CCC(=O)CCCCCCCCCCCCC)cc2)C(C)C)c2cc(CC)c(Cc3cccc(C)c3F)cc21. The molecule has 1 aliphatic heterocycles. The van der Waals surface area contributed by atoms with Crippen molar-refractivity contribution in [3.8, 4) is 0 Å². The van der Waals surface area contributed by atoms with Crippen LogP contribution in [0.3, 0.4) is 0 Å². The molecule has 1 atom stereocenters. The molecule has 0 spiro atoms. The highest BCUT2D eigenvalue weighted by Crippen LogP contribution is 2.41. The molecule has 0 fully saturated rings. The Labute approximate surface area is 331 Å². The Hall–Kier alpha value is -4.12. The van der Waals surface area contributed by atoms with Crippen LogP contribution in [0.5, 0.6) is 0 Å². The van der Waals surface area contributed by atoms with Crippen molar-refractivity contribution >= 4 is 29.1 Å². The van der Waals surface area contributed by atoms with E-state index in [-0.39, 0.29) is 23.6 Å². The van der Waals surface area contributed by atoms with Gasteiger partial charge in [-0.2, -0.15) is 0 Å². The van der Waals surface area contributed by atoms with E-state index >= 15 is 4.39 Å². The normalized spacial score (nSPS) is 13.2. The van der Waals surface area contributed by atoms with Gasteiger partial charge in [0, 0.05) is 60.3 Å². The number of anilines is 1. The molecule has 5 heteroatoms. The van der Waals surface area contributed by atoms with Gasteiger partial charge in [-0.15, -0.1) is 0 Å². The van der Waals surface area contributed by atoms with Gasteiger partial charge >= 0.3 is 0 Å². The third-order valence-corrected chi connectivity index (χ3v) is 11.5. The van der Waals surface area contributed by atoms with Gasteiger partial charge in [0.25, 0.3) is 0 Å². The van der Waals surface area contributed by atoms with Gasteiger partial charge in [0.15, 0.2) is 12.1 Å². The molecule has 0 bridgehead atoms. The fourth-order valence-corrected chi connectivity index (χ4v) is 7.97. The van der Waals surface area contributed by atoms with E-state index in [0.717, 1.165) is 53.5 Å². The zero-order valence-corrected chi connectivity index (χ0v) is 34.5. The number of fused-ring (bicyclic) bond motifs is 1. The maximum Gasteiger partial charge on any atom is 0.162 e. The molecule has 55 heavy (non-hydrogen) atoms. The number of Topliss-reactive ketones (excluding diaryl/α,β-unsaturated/α-hetero) is 2. The second-order valence-corrected chi connectivity index (χ2v) is 16.1. The van der Waals surface area contributed by atoms with Crippen molar-refractivity contribution in [2.75, 3.05) is 4.90 Å². The molecule has 3 aromatic rings. The first-order valence-corrected chi connectivity index (χ1v) is 21.3. The van der Waals surface area contributed by atoms with E-state index in [1.165, 1.54) is 57.8 Å². The van der Waals surface area contributed by atoms with E-state index < -0.39 is 0 Å². The fraction of sp³-hybridized carbons (Fsp3) is 0.500. The number of allylic oxidation sites excluding steroid dienone is 2. The number of ketones is 2. The molecule has 0 amide bonds. The van der Waals surface area contributed by atoms with Crippen molar-refractivity contribution in [3.05, 3.63) is 118 Å². The molecule has 0 N–H and O–H groups in total. The zero-order valence-electron chi connectivity index (χ0n) is 34.5. The number of unbranched alkanes of at least 4 members (excludes halogenated alkanes) is 10. The summed E-state index contributed by atoms with van der Waals surface area (Å²) in [6.07, 6.45) is 20.9. The molecule has 0 radical (unpaired) electrons. The first-order valence-electron chi connectivity index (χ1n) is 21.3. The van der Waals surface area contributed by atoms with Crippen LogP contribution in [0.25, 0.3) is 5.57 Å². The lowest BCUT2D eigenvalue weighted by Crippen LogP contribution is -2.38. The van der Waals surface area contributed by atoms with Gasteiger partial charge in [-0.05, 0) is 84.0 Å². The van der Waals surface area contributed by atoms with Gasteiger partial charge in [0.2, 0.25) is 0 Å². The van der Waals surface area contributed by atoms with Crippen LogP contribution in [-0.2, 0) is 28.9 Å². The van der Waals surface area contributed by atoms with Crippen LogP contribution in [0.4, 0.5) is 10.1 Å². The number of hydrogen-bond acceptors (Lipinski definition) is 4. The van der Waals surface area contributed by atoms with Crippen LogP contribution in [0.1, 0.15) is 168 Å².